The van der Waals surface area contributed by atoms with Crippen molar-refractivity contribution in [1.82, 2.24) is 5.32 Å². The van der Waals surface area contributed by atoms with Crippen LogP contribution in [0.3, 0.4) is 0 Å². The van der Waals surface area contributed by atoms with Crippen molar-refractivity contribution in [3.63, 3.8) is 0 Å². The van der Waals surface area contributed by atoms with Crippen LogP contribution >= 0.6 is 11.6 Å². The van der Waals surface area contributed by atoms with Gasteiger partial charge >= 0.3 is 0 Å². The maximum atomic E-state index is 14.1. The van der Waals surface area contributed by atoms with Gasteiger partial charge in [0, 0.05) is 10.6 Å². The van der Waals surface area contributed by atoms with Crippen molar-refractivity contribution < 1.29 is 8.78 Å². The first-order valence-corrected chi connectivity index (χ1v) is 6.70. The molecule has 0 aromatic heterocycles. The summed E-state index contributed by atoms with van der Waals surface area (Å²) in [6.45, 7) is 3.46. The van der Waals surface area contributed by atoms with E-state index in [1.54, 1.807) is 26.1 Å². The van der Waals surface area contributed by atoms with Crippen LogP contribution in [0, 0.1) is 25.5 Å². The first kappa shape index (κ1) is 14.9. The van der Waals surface area contributed by atoms with E-state index in [0.29, 0.717) is 10.6 Å². The lowest BCUT2D eigenvalue weighted by Gasteiger charge is -2.21. The first-order valence-electron chi connectivity index (χ1n) is 6.33. The molecule has 2 aromatic rings. The van der Waals surface area contributed by atoms with E-state index in [-0.39, 0.29) is 5.56 Å². The molecule has 20 heavy (non-hydrogen) atoms. The van der Waals surface area contributed by atoms with Crippen molar-refractivity contribution in [2.45, 2.75) is 19.9 Å². The Bertz CT molecular complexity index is 641. The lowest BCUT2D eigenvalue weighted by Crippen LogP contribution is -2.20. The Balaban J connectivity index is 2.58. The summed E-state index contributed by atoms with van der Waals surface area (Å²) < 4.78 is 27.9. The van der Waals surface area contributed by atoms with Gasteiger partial charge in [0.2, 0.25) is 0 Å². The van der Waals surface area contributed by atoms with E-state index in [1.165, 1.54) is 12.1 Å². The summed E-state index contributed by atoms with van der Waals surface area (Å²) in [5, 5.41) is 3.59. The highest BCUT2D eigenvalue weighted by molar-refractivity contribution is 6.30. The molecule has 0 saturated heterocycles. The minimum atomic E-state index is -0.441. The Kier molecular flexibility index (Phi) is 4.41. The molecule has 0 aliphatic heterocycles. The van der Waals surface area contributed by atoms with Crippen LogP contribution in [0.15, 0.2) is 30.3 Å². The second-order valence-corrected chi connectivity index (χ2v) is 5.28. The Morgan fingerprint density at radius 3 is 2.30 bits per heavy atom. The summed E-state index contributed by atoms with van der Waals surface area (Å²) in [6, 6.07) is 7.43. The summed E-state index contributed by atoms with van der Waals surface area (Å²) >= 11 is 6.01. The molecule has 1 nitrogen and oxygen atoms in total. The Labute approximate surface area is 122 Å². The molecule has 2 rings (SSSR count). The monoisotopic (exact) mass is 295 g/mol. The number of hydrogen-bond donors (Lipinski definition) is 1. The second-order valence-electron chi connectivity index (χ2n) is 4.85. The summed E-state index contributed by atoms with van der Waals surface area (Å²) in [5.41, 5.74) is 2.38. The van der Waals surface area contributed by atoms with Gasteiger partial charge in [-0.15, -0.1) is 0 Å². The summed E-state index contributed by atoms with van der Waals surface area (Å²) in [4.78, 5) is 0. The van der Waals surface area contributed by atoms with Crippen LogP contribution in [0.5, 0.6) is 0 Å². The fourth-order valence-electron chi connectivity index (χ4n) is 2.28. The van der Waals surface area contributed by atoms with Crippen LogP contribution < -0.4 is 5.32 Å². The molecule has 1 unspecified atom stereocenters. The number of halogens is 3. The van der Waals surface area contributed by atoms with Crippen LogP contribution in [-0.2, 0) is 0 Å². The van der Waals surface area contributed by atoms with Crippen molar-refractivity contribution >= 4 is 11.6 Å². The van der Waals surface area contributed by atoms with Gasteiger partial charge in [-0.1, -0.05) is 17.7 Å². The molecule has 0 radical (unpaired) electrons. The van der Waals surface area contributed by atoms with Gasteiger partial charge < -0.3 is 5.32 Å². The summed E-state index contributed by atoms with van der Waals surface area (Å²) in [6.07, 6.45) is 0. The zero-order chi connectivity index (χ0) is 14.9. The van der Waals surface area contributed by atoms with E-state index >= 15 is 0 Å². The quantitative estimate of drug-likeness (QED) is 0.876. The van der Waals surface area contributed by atoms with Crippen molar-refractivity contribution in [3.05, 3.63) is 69.2 Å². The molecule has 4 heteroatoms. The summed E-state index contributed by atoms with van der Waals surface area (Å²) in [7, 11) is 1.71. The van der Waals surface area contributed by atoms with Gasteiger partial charge in [0.15, 0.2) is 0 Å². The molecule has 0 fully saturated rings. The molecule has 0 heterocycles. The zero-order valence-electron chi connectivity index (χ0n) is 11.6. The smallest absolute Gasteiger partial charge is 0.128 e. The minimum Gasteiger partial charge on any atom is -0.309 e. The minimum absolute atomic E-state index is 0.279. The van der Waals surface area contributed by atoms with E-state index in [2.05, 4.69) is 5.32 Å². The van der Waals surface area contributed by atoms with E-state index in [1.807, 2.05) is 13.0 Å². The number of benzene rings is 2. The highest BCUT2D eigenvalue weighted by atomic mass is 35.5. The van der Waals surface area contributed by atoms with Gasteiger partial charge in [0.25, 0.3) is 0 Å². The van der Waals surface area contributed by atoms with Crippen LogP contribution in [0.25, 0.3) is 0 Å². The molecular formula is C16H16ClF2N. The van der Waals surface area contributed by atoms with Crippen molar-refractivity contribution in [2.24, 2.45) is 0 Å². The average Bonchev–Trinajstić information content (AvgIpc) is 2.40. The van der Waals surface area contributed by atoms with Gasteiger partial charge in [0.05, 0.1) is 6.04 Å². The van der Waals surface area contributed by atoms with Crippen LogP contribution in [0.2, 0.25) is 5.02 Å². The molecule has 0 saturated carbocycles. The molecule has 106 valence electrons. The third-order valence-electron chi connectivity index (χ3n) is 3.43. The molecule has 0 bridgehead atoms. The van der Waals surface area contributed by atoms with Gasteiger partial charge in [-0.05, 0) is 61.9 Å². The van der Waals surface area contributed by atoms with Crippen molar-refractivity contribution in [2.75, 3.05) is 7.05 Å². The maximum Gasteiger partial charge on any atom is 0.128 e. The van der Waals surface area contributed by atoms with Crippen LogP contribution in [0.1, 0.15) is 28.3 Å². The molecule has 0 amide bonds. The molecule has 1 N–H and O–H groups in total. The van der Waals surface area contributed by atoms with Crippen LogP contribution in [0.4, 0.5) is 8.78 Å². The fourth-order valence-corrected chi connectivity index (χ4v) is 2.46. The number of aryl methyl sites for hydroxylation is 2. The molecule has 0 aliphatic rings. The maximum absolute atomic E-state index is 14.1. The lowest BCUT2D eigenvalue weighted by atomic mass is 9.94. The van der Waals surface area contributed by atoms with Crippen molar-refractivity contribution in [1.29, 1.82) is 0 Å². The van der Waals surface area contributed by atoms with Gasteiger partial charge in [-0.25, -0.2) is 8.78 Å². The number of nitrogens with one attached hydrogen (secondary N) is 1. The van der Waals surface area contributed by atoms with Gasteiger partial charge in [-0.2, -0.15) is 0 Å². The van der Waals surface area contributed by atoms with Crippen molar-refractivity contribution in [3.8, 4) is 0 Å². The number of rotatable bonds is 3. The number of hydrogen-bond acceptors (Lipinski definition) is 1. The molecule has 0 aliphatic carbocycles. The molecule has 0 spiro atoms. The van der Waals surface area contributed by atoms with Gasteiger partial charge in [-0.3, -0.25) is 0 Å². The highest BCUT2D eigenvalue weighted by Crippen LogP contribution is 2.30. The summed E-state index contributed by atoms with van der Waals surface area (Å²) in [5.74, 6) is -0.844. The Morgan fingerprint density at radius 2 is 1.65 bits per heavy atom. The average molecular weight is 296 g/mol. The van der Waals surface area contributed by atoms with E-state index < -0.39 is 17.7 Å². The predicted molar refractivity (Wildman–Crippen MR) is 78.2 cm³/mol. The van der Waals surface area contributed by atoms with E-state index in [0.717, 1.165) is 11.1 Å². The first-order chi connectivity index (χ1) is 9.43. The SMILES string of the molecule is CNC(c1cc(Cl)ccc1C)c1cc(F)c(C)cc1F. The standard InChI is InChI=1S/C16H16ClF2N/c1-9-4-5-11(17)7-12(9)16(20-3)13-8-14(18)10(2)6-15(13)19/h4-8,16,20H,1-3H3. The second kappa shape index (κ2) is 5.90. The Morgan fingerprint density at radius 1 is 0.950 bits per heavy atom. The lowest BCUT2D eigenvalue weighted by molar-refractivity contribution is 0.553. The zero-order valence-corrected chi connectivity index (χ0v) is 12.4. The Hall–Kier alpha value is -1.45. The van der Waals surface area contributed by atoms with Gasteiger partial charge in [0.1, 0.15) is 11.6 Å². The molecule has 2 aromatic carbocycles. The third-order valence-corrected chi connectivity index (χ3v) is 3.67. The van der Waals surface area contributed by atoms with E-state index in [4.69, 9.17) is 11.6 Å². The molecule has 1 atom stereocenters. The molecular weight excluding hydrogens is 280 g/mol. The normalized spacial score (nSPS) is 12.5. The topological polar surface area (TPSA) is 12.0 Å². The third kappa shape index (κ3) is 2.84. The van der Waals surface area contributed by atoms with E-state index in [9.17, 15) is 8.78 Å². The fraction of sp³-hybridized carbons (Fsp3) is 0.250. The highest BCUT2D eigenvalue weighted by Gasteiger charge is 2.20. The van der Waals surface area contributed by atoms with Crippen LogP contribution in [-0.4, -0.2) is 7.05 Å². The predicted octanol–water partition coefficient (Wildman–Crippen LogP) is 4.54. The largest absolute Gasteiger partial charge is 0.309 e.